The lowest BCUT2D eigenvalue weighted by Crippen LogP contribution is -2.36. The summed E-state index contributed by atoms with van der Waals surface area (Å²) in [5, 5.41) is 9.05. The van der Waals surface area contributed by atoms with Crippen molar-refractivity contribution < 1.29 is 4.74 Å². The first-order chi connectivity index (χ1) is 8.22. The Morgan fingerprint density at radius 1 is 1.47 bits per heavy atom. The summed E-state index contributed by atoms with van der Waals surface area (Å²) in [6, 6.07) is 3.85. The zero-order valence-corrected chi connectivity index (χ0v) is 9.85. The molecule has 1 fully saturated rings. The number of hydrogen-bond donors (Lipinski definition) is 0. The number of aryl methyl sites for hydroxylation is 1. The van der Waals surface area contributed by atoms with Gasteiger partial charge >= 0.3 is 0 Å². The van der Waals surface area contributed by atoms with Crippen LogP contribution < -0.4 is 5.56 Å². The van der Waals surface area contributed by atoms with Crippen LogP contribution in [0.3, 0.4) is 0 Å². The SMILES string of the molecule is Cn1ccc(CN2CCOCC2)c(C#N)c1=O. The Bertz CT molecular complexity index is 495. The molecule has 0 saturated carbocycles. The van der Waals surface area contributed by atoms with Gasteiger partial charge in [-0.15, -0.1) is 0 Å². The summed E-state index contributed by atoms with van der Waals surface area (Å²) in [4.78, 5) is 14.0. The third-order valence-electron chi connectivity index (χ3n) is 2.96. The molecule has 5 nitrogen and oxygen atoms in total. The predicted molar refractivity (Wildman–Crippen MR) is 62.5 cm³/mol. The number of hydrogen-bond acceptors (Lipinski definition) is 4. The third-order valence-corrected chi connectivity index (χ3v) is 2.96. The van der Waals surface area contributed by atoms with Crippen molar-refractivity contribution in [3.8, 4) is 6.07 Å². The van der Waals surface area contributed by atoms with E-state index in [0.29, 0.717) is 19.8 Å². The van der Waals surface area contributed by atoms with Gasteiger partial charge in [0, 0.05) is 32.9 Å². The first kappa shape index (κ1) is 11.8. The number of nitriles is 1. The van der Waals surface area contributed by atoms with Crippen molar-refractivity contribution in [3.63, 3.8) is 0 Å². The fourth-order valence-electron chi connectivity index (χ4n) is 1.92. The molecule has 2 rings (SSSR count). The fourth-order valence-corrected chi connectivity index (χ4v) is 1.92. The zero-order valence-electron chi connectivity index (χ0n) is 9.85. The maximum Gasteiger partial charge on any atom is 0.268 e. The first-order valence-electron chi connectivity index (χ1n) is 5.61. The molecule has 0 atom stereocenters. The summed E-state index contributed by atoms with van der Waals surface area (Å²) in [6.45, 7) is 3.77. The van der Waals surface area contributed by atoms with E-state index < -0.39 is 0 Å². The van der Waals surface area contributed by atoms with Crippen LogP contribution in [0.5, 0.6) is 0 Å². The summed E-state index contributed by atoms with van der Waals surface area (Å²) < 4.78 is 6.70. The van der Waals surface area contributed by atoms with E-state index in [9.17, 15) is 4.79 Å². The second-order valence-electron chi connectivity index (χ2n) is 4.13. The van der Waals surface area contributed by atoms with Crippen molar-refractivity contribution in [1.82, 2.24) is 9.47 Å². The fraction of sp³-hybridized carbons (Fsp3) is 0.500. The largest absolute Gasteiger partial charge is 0.379 e. The van der Waals surface area contributed by atoms with Crippen molar-refractivity contribution in [3.05, 3.63) is 33.7 Å². The Kier molecular flexibility index (Phi) is 3.57. The van der Waals surface area contributed by atoms with E-state index >= 15 is 0 Å². The number of rotatable bonds is 2. The molecule has 1 aliphatic rings. The van der Waals surface area contributed by atoms with Crippen molar-refractivity contribution in [2.45, 2.75) is 6.54 Å². The Morgan fingerprint density at radius 3 is 2.82 bits per heavy atom. The Labute approximate surface area is 99.8 Å². The Morgan fingerprint density at radius 2 is 2.18 bits per heavy atom. The molecule has 0 radical (unpaired) electrons. The average molecular weight is 233 g/mol. The molecule has 1 aromatic heterocycles. The highest BCUT2D eigenvalue weighted by molar-refractivity contribution is 5.35. The Hall–Kier alpha value is -1.64. The number of nitrogens with zero attached hydrogens (tertiary/aromatic N) is 3. The molecule has 1 aromatic rings. The first-order valence-corrected chi connectivity index (χ1v) is 5.61. The van der Waals surface area contributed by atoms with Crippen LogP contribution in [0.15, 0.2) is 17.1 Å². The highest BCUT2D eigenvalue weighted by atomic mass is 16.5. The molecule has 1 saturated heterocycles. The molecule has 90 valence electrons. The number of ether oxygens (including phenoxy) is 1. The van der Waals surface area contributed by atoms with Crippen LogP contribution in [0.25, 0.3) is 0 Å². The van der Waals surface area contributed by atoms with E-state index in [2.05, 4.69) is 4.90 Å². The predicted octanol–water partition coefficient (Wildman–Crippen LogP) is 0.0892. The smallest absolute Gasteiger partial charge is 0.268 e. The summed E-state index contributed by atoms with van der Waals surface area (Å²) in [5.41, 5.74) is 0.831. The average Bonchev–Trinajstić information content (AvgIpc) is 2.36. The maximum absolute atomic E-state index is 11.8. The summed E-state index contributed by atoms with van der Waals surface area (Å²) in [5.74, 6) is 0. The van der Waals surface area contributed by atoms with Crippen LogP contribution in [0.2, 0.25) is 0 Å². The van der Waals surface area contributed by atoms with E-state index in [-0.39, 0.29) is 11.1 Å². The summed E-state index contributed by atoms with van der Waals surface area (Å²) >= 11 is 0. The quantitative estimate of drug-likeness (QED) is 0.726. The van der Waals surface area contributed by atoms with E-state index in [0.717, 1.165) is 18.7 Å². The minimum atomic E-state index is -0.224. The molecule has 5 heteroatoms. The summed E-state index contributed by atoms with van der Waals surface area (Å²) in [6.07, 6.45) is 1.71. The van der Waals surface area contributed by atoms with Gasteiger partial charge in [0.25, 0.3) is 5.56 Å². The minimum absolute atomic E-state index is 0.224. The van der Waals surface area contributed by atoms with Gasteiger partial charge in [0.15, 0.2) is 0 Å². The molecule has 0 amide bonds. The molecule has 0 spiro atoms. The van der Waals surface area contributed by atoms with Crippen LogP contribution in [-0.4, -0.2) is 35.8 Å². The van der Waals surface area contributed by atoms with Crippen molar-refractivity contribution >= 4 is 0 Å². The van der Waals surface area contributed by atoms with Crippen LogP contribution in [0.4, 0.5) is 0 Å². The van der Waals surface area contributed by atoms with E-state index in [1.807, 2.05) is 12.1 Å². The van der Waals surface area contributed by atoms with Gasteiger partial charge in [-0.1, -0.05) is 0 Å². The maximum atomic E-state index is 11.8. The second-order valence-corrected chi connectivity index (χ2v) is 4.13. The van der Waals surface area contributed by atoms with Gasteiger partial charge in [-0.25, -0.2) is 0 Å². The molecule has 0 N–H and O–H groups in total. The second kappa shape index (κ2) is 5.13. The topological polar surface area (TPSA) is 58.3 Å². The third kappa shape index (κ3) is 2.54. The lowest BCUT2D eigenvalue weighted by molar-refractivity contribution is 0.0341. The molecule has 17 heavy (non-hydrogen) atoms. The zero-order chi connectivity index (χ0) is 12.3. The minimum Gasteiger partial charge on any atom is -0.379 e. The van der Waals surface area contributed by atoms with Crippen LogP contribution >= 0.6 is 0 Å². The standard InChI is InChI=1S/C12H15N3O2/c1-14-3-2-10(11(8-13)12(14)16)9-15-4-6-17-7-5-15/h2-3H,4-7,9H2,1H3. The molecule has 0 aliphatic carbocycles. The lowest BCUT2D eigenvalue weighted by atomic mass is 10.1. The van der Waals surface area contributed by atoms with Crippen LogP contribution in [0.1, 0.15) is 11.1 Å². The molecular weight excluding hydrogens is 218 g/mol. The molecule has 0 aromatic carbocycles. The van der Waals surface area contributed by atoms with Crippen LogP contribution in [-0.2, 0) is 18.3 Å². The highest BCUT2D eigenvalue weighted by Gasteiger charge is 2.14. The van der Waals surface area contributed by atoms with Gasteiger partial charge in [-0.05, 0) is 11.6 Å². The highest BCUT2D eigenvalue weighted by Crippen LogP contribution is 2.08. The normalized spacial score (nSPS) is 16.7. The van der Waals surface area contributed by atoms with E-state index in [4.69, 9.17) is 10.00 Å². The van der Waals surface area contributed by atoms with Gasteiger partial charge in [-0.3, -0.25) is 9.69 Å². The lowest BCUT2D eigenvalue weighted by Gasteiger charge is -2.26. The molecule has 2 heterocycles. The van der Waals surface area contributed by atoms with Gasteiger partial charge in [0.1, 0.15) is 11.6 Å². The molecular formula is C12H15N3O2. The van der Waals surface area contributed by atoms with Crippen molar-refractivity contribution in [1.29, 1.82) is 5.26 Å². The number of morpholine rings is 1. The van der Waals surface area contributed by atoms with Gasteiger partial charge < -0.3 is 9.30 Å². The Balaban J connectivity index is 2.24. The van der Waals surface area contributed by atoms with E-state index in [1.54, 1.807) is 13.2 Å². The van der Waals surface area contributed by atoms with Crippen molar-refractivity contribution in [2.24, 2.45) is 7.05 Å². The van der Waals surface area contributed by atoms with Gasteiger partial charge in [-0.2, -0.15) is 5.26 Å². The van der Waals surface area contributed by atoms with Crippen molar-refractivity contribution in [2.75, 3.05) is 26.3 Å². The number of aromatic nitrogens is 1. The van der Waals surface area contributed by atoms with Gasteiger partial charge in [0.05, 0.1) is 13.2 Å². The monoisotopic (exact) mass is 233 g/mol. The van der Waals surface area contributed by atoms with E-state index in [1.165, 1.54) is 4.57 Å². The summed E-state index contributed by atoms with van der Waals surface area (Å²) in [7, 11) is 1.65. The van der Waals surface area contributed by atoms with Gasteiger partial charge in [0.2, 0.25) is 0 Å². The van der Waals surface area contributed by atoms with Crippen LogP contribution in [0, 0.1) is 11.3 Å². The molecule has 1 aliphatic heterocycles. The molecule has 0 unspecified atom stereocenters. The molecule has 0 bridgehead atoms. The number of pyridine rings is 1.